The molecule has 118 valence electrons. The third-order valence-electron chi connectivity index (χ3n) is 5.26. The summed E-state index contributed by atoms with van der Waals surface area (Å²) in [6.45, 7) is 4.53. The summed E-state index contributed by atoms with van der Waals surface area (Å²) in [6, 6.07) is 15.4. The van der Waals surface area contributed by atoms with Crippen LogP contribution in [0.2, 0.25) is 5.02 Å². The molecule has 0 spiro atoms. The number of para-hydroxylation sites is 1. The summed E-state index contributed by atoms with van der Waals surface area (Å²) in [5.74, 6) is 1.59. The maximum Gasteiger partial charge on any atom is 0.0554 e. The molecule has 1 aliphatic heterocycles. The van der Waals surface area contributed by atoms with E-state index in [0.717, 1.165) is 11.4 Å². The molecule has 2 aliphatic rings. The van der Waals surface area contributed by atoms with Gasteiger partial charge < -0.3 is 5.32 Å². The Morgan fingerprint density at radius 1 is 1.13 bits per heavy atom. The van der Waals surface area contributed by atoms with Gasteiger partial charge in [-0.05, 0) is 47.1 Å². The topological polar surface area (TPSA) is 12.0 Å². The third-order valence-corrected chi connectivity index (χ3v) is 5.49. The first-order valence-electron chi connectivity index (χ1n) is 8.46. The summed E-state index contributed by atoms with van der Waals surface area (Å²) in [7, 11) is 0. The second kappa shape index (κ2) is 5.72. The van der Waals surface area contributed by atoms with Gasteiger partial charge in [-0.15, -0.1) is 0 Å². The molecule has 1 aliphatic carbocycles. The van der Waals surface area contributed by atoms with Crippen molar-refractivity contribution in [1.29, 1.82) is 0 Å². The zero-order chi connectivity index (χ0) is 16.0. The molecule has 2 aromatic rings. The van der Waals surface area contributed by atoms with Crippen molar-refractivity contribution in [2.24, 2.45) is 5.92 Å². The van der Waals surface area contributed by atoms with Gasteiger partial charge in [-0.25, -0.2) is 0 Å². The SMILES string of the molecule is CC(C)c1cccc2c1N[C@H](c1cccc(Cl)c1)[C@@H]1CC=C[C@H]21. The molecule has 0 bridgehead atoms. The Morgan fingerprint density at radius 2 is 1.96 bits per heavy atom. The molecule has 0 fully saturated rings. The first-order valence-corrected chi connectivity index (χ1v) is 8.84. The zero-order valence-corrected chi connectivity index (χ0v) is 14.3. The van der Waals surface area contributed by atoms with E-state index in [9.17, 15) is 0 Å². The number of fused-ring (bicyclic) bond motifs is 3. The molecule has 2 aromatic carbocycles. The van der Waals surface area contributed by atoms with E-state index in [4.69, 9.17) is 11.6 Å². The Bertz CT molecular complexity index is 762. The fraction of sp³-hybridized carbons (Fsp3) is 0.333. The third kappa shape index (κ3) is 2.48. The first kappa shape index (κ1) is 14.8. The van der Waals surface area contributed by atoms with Gasteiger partial charge in [0.1, 0.15) is 0 Å². The summed E-state index contributed by atoms with van der Waals surface area (Å²) in [5.41, 5.74) is 5.49. The number of anilines is 1. The van der Waals surface area contributed by atoms with Gasteiger partial charge in [0.25, 0.3) is 0 Å². The fourth-order valence-corrected chi connectivity index (χ4v) is 4.36. The number of hydrogen-bond acceptors (Lipinski definition) is 1. The monoisotopic (exact) mass is 323 g/mol. The van der Waals surface area contributed by atoms with Gasteiger partial charge >= 0.3 is 0 Å². The van der Waals surface area contributed by atoms with E-state index in [2.05, 4.69) is 67.7 Å². The standard InChI is InChI=1S/C21H22ClN/c1-13(2)16-8-4-11-19-17-9-5-10-18(17)20(23-21(16)19)14-6-3-7-15(22)12-14/h3-9,11-13,17-18,20,23H,10H2,1-2H3/t17-,18+,20+/m0/s1. The van der Waals surface area contributed by atoms with Gasteiger partial charge in [-0.3, -0.25) is 0 Å². The summed E-state index contributed by atoms with van der Waals surface area (Å²) >= 11 is 6.25. The maximum absolute atomic E-state index is 6.25. The van der Waals surface area contributed by atoms with E-state index in [1.165, 1.54) is 22.4 Å². The number of hydrogen-bond donors (Lipinski definition) is 1. The predicted octanol–water partition coefficient (Wildman–Crippen LogP) is 6.29. The normalized spacial score (nSPS) is 25.1. The average Bonchev–Trinajstić information content (AvgIpc) is 3.03. The van der Waals surface area contributed by atoms with Crippen LogP contribution in [0, 0.1) is 5.92 Å². The summed E-state index contributed by atoms with van der Waals surface area (Å²) in [4.78, 5) is 0. The van der Waals surface area contributed by atoms with Crippen LogP contribution in [0.4, 0.5) is 5.69 Å². The molecule has 1 nitrogen and oxygen atoms in total. The van der Waals surface area contributed by atoms with Crippen LogP contribution in [-0.2, 0) is 0 Å². The highest BCUT2D eigenvalue weighted by Crippen LogP contribution is 2.51. The molecule has 2 heteroatoms. The number of nitrogens with one attached hydrogen (secondary N) is 1. The molecule has 0 saturated heterocycles. The minimum atomic E-state index is 0.320. The summed E-state index contributed by atoms with van der Waals surface area (Å²) < 4.78 is 0. The lowest BCUT2D eigenvalue weighted by molar-refractivity contribution is 0.424. The molecule has 23 heavy (non-hydrogen) atoms. The second-order valence-electron chi connectivity index (χ2n) is 7.00. The van der Waals surface area contributed by atoms with Gasteiger partial charge in [-0.2, -0.15) is 0 Å². The Kier molecular flexibility index (Phi) is 3.69. The van der Waals surface area contributed by atoms with Crippen molar-refractivity contribution in [3.63, 3.8) is 0 Å². The highest BCUT2D eigenvalue weighted by molar-refractivity contribution is 6.30. The number of halogens is 1. The Hall–Kier alpha value is -1.73. The van der Waals surface area contributed by atoms with E-state index >= 15 is 0 Å². The molecule has 1 N–H and O–H groups in total. The zero-order valence-electron chi connectivity index (χ0n) is 13.6. The van der Waals surface area contributed by atoms with Gasteiger partial charge in [0.2, 0.25) is 0 Å². The molecule has 0 radical (unpaired) electrons. The number of allylic oxidation sites excluding steroid dienone is 2. The van der Waals surface area contributed by atoms with E-state index in [1.54, 1.807) is 0 Å². The average molecular weight is 324 g/mol. The van der Waals surface area contributed by atoms with Crippen molar-refractivity contribution in [2.75, 3.05) is 5.32 Å². The van der Waals surface area contributed by atoms with Crippen LogP contribution in [0.15, 0.2) is 54.6 Å². The van der Waals surface area contributed by atoms with Crippen LogP contribution in [-0.4, -0.2) is 0 Å². The molecular weight excluding hydrogens is 302 g/mol. The van der Waals surface area contributed by atoms with Crippen molar-refractivity contribution < 1.29 is 0 Å². The molecule has 0 unspecified atom stereocenters. The fourth-order valence-electron chi connectivity index (χ4n) is 4.16. The van der Waals surface area contributed by atoms with Gasteiger partial charge in [0.15, 0.2) is 0 Å². The van der Waals surface area contributed by atoms with Crippen molar-refractivity contribution >= 4 is 17.3 Å². The van der Waals surface area contributed by atoms with Crippen molar-refractivity contribution in [3.8, 4) is 0 Å². The van der Waals surface area contributed by atoms with Crippen molar-refractivity contribution in [1.82, 2.24) is 0 Å². The van der Waals surface area contributed by atoms with E-state index in [-0.39, 0.29) is 0 Å². The smallest absolute Gasteiger partial charge is 0.0554 e. The molecule has 1 heterocycles. The van der Waals surface area contributed by atoms with Gasteiger partial charge in [0, 0.05) is 16.6 Å². The minimum absolute atomic E-state index is 0.320. The van der Waals surface area contributed by atoms with Crippen molar-refractivity contribution in [2.45, 2.75) is 38.1 Å². The summed E-state index contributed by atoms with van der Waals surface area (Å²) in [6.07, 6.45) is 5.86. The lowest BCUT2D eigenvalue weighted by Gasteiger charge is -2.39. The molecule has 0 aromatic heterocycles. The van der Waals surface area contributed by atoms with Crippen LogP contribution >= 0.6 is 11.6 Å². The van der Waals surface area contributed by atoms with Crippen molar-refractivity contribution in [3.05, 3.63) is 76.3 Å². The van der Waals surface area contributed by atoms with Gasteiger partial charge in [0.05, 0.1) is 6.04 Å². The van der Waals surface area contributed by atoms with Crippen LogP contribution in [0.1, 0.15) is 54.8 Å². The molecular formula is C21H22ClN. The van der Waals surface area contributed by atoms with E-state index in [0.29, 0.717) is 23.8 Å². The predicted molar refractivity (Wildman–Crippen MR) is 98.3 cm³/mol. The highest BCUT2D eigenvalue weighted by Gasteiger charge is 2.38. The molecule has 4 rings (SSSR count). The lowest BCUT2D eigenvalue weighted by atomic mass is 9.75. The Morgan fingerprint density at radius 3 is 2.74 bits per heavy atom. The van der Waals surface area contributed by atoms with Crippen LogP contribution in [0.25, 0.3) is 0 Å². The quantitative estimate of drug-likeness (QED) is 0.640. The largest absolute Gasteiger partial charge is 0.377 e. The van der Waals surface area contributed by atoms with E-state index < -0.39 is 0 Å². The maximum atomic E-state index is 6.25. The highest BCUT2D eigenvalue weighted by atomic mass is 35.5. The Balaban J connectivity index is 1.83. The summed E-state index contributed by atoms with van der Waals surface area (Å²) in [5, 5.41) is 4.68. The Labute approximate surface area is 143 Å². The lowest BCUT2D eigenvalue weighted by Crippen LogP contribution is -2.29. The molecule has 3 atom stereocenters. The van der Waals surface area contributed by atoms with Crippen LogP contribution in [0.3, 0.4) is 0 Å². The van der Waals surface area contributed by atoms with Gasteiger partial charge in [-0.1, -0.05) is 67.9 Å². The minimum Gasteiger partial charge on any atom is -0.377 e. The number of benzene rings is 2. The second-order valence-corrected chi connectivity index (χ2v) is 7.43. The molecule has 0 saturated carbocycles. The van der Waals surface area contributed by atoms with E-state index in [1.807, 2.05) is 6.07 Å². The first-order chi connectivity index (χ1) is 11.1. The number of rotatable bonds is 2. The van der Waals surface area contributed by atoms with Crippen LogP contribution < -0.4 is 5.32 Å². The van der Waals surface area contributed by atoms with Crippen LogP contribution in [0.5, 0.6) is 0 Å². The molecule has 0 amide bonds.